The summed E-state index contributed by atoms with van der Waals surface area (Å²) < 4.78 is 5.70. The fourth-order valence-electron chi connectivity index (χ4n) is 3.76. The van der Waals surface area contributed by atoms with E-state index in [2.05, 4.69) is 33.0 Å². The summed E-state index contributed by atoms with van der Waals surface area (Å²) in [6.45, 7) is 8.66. The first kappa shape index (κ1) is 20.1. The highest BCUT2D eigenvalue weighted by atomic mass is 16.5. The lowest BCUT2D eigenvalue weighted by Gasteiger charge is -2.45. The average Bonchev–Trinajstić information content (AvgIpc) is 2.38. The molecule has 0 bridgehead atoms. The van der Waals surface area contributed by atoms with Crippen LogP contribution in [0.5, 0.6) is 0 Å². The molecule has 1 aliphatic heterocycles. The highest BCUT2D eigenvalue weighted by Gasteiger charge is 2.39. The van der Waals surface area contributed by atoms with Crippen molar-refractivity contribution in [3.8, 4) is 0 Å². The van der Waals surface area contributed by atoms with E-state index >= 15 is 0 Å². The van der Waals surface area contributed by atoms with Gasteiger partial charge in [0.1, 0.15) is 12.4 Å². The summed E-state index contributed by atoms with van der Waals surface area (Å²) >= 11 is 0. The number of ether oxygens (including phenoxy) is 1. The van der Waals surface area contributed by atoms with Gasteiger partial charge in [-0.05, 0) is 40.5 Å². The molecule has 0 saturated carbocycles. The second-order valence-electron chi connectivity index (χ2n) is 8.24. The molecule has 0 aromatic carbocycles. The molecular weight excluding hydrogens is 290 g/mol. The van der Waals surface area contributed by atoms with E-state index < -0.39 is 0 Å². The molecule has 0 atom stereocenters. The van der Waals surface area contributed by atoms with Crippen LogP contribution in [0.2, 0.25) is 0 Å². The number of unbranched alkanes of at least 4 members (excludes halogenated alkanes) is 6. The fourth-order valence-corrected chi connectivity index (χ4v) is 3.76. The molecule has 0 aliphatic carbocycles. The largest absolute Gasteiger partial charge is 0.462 e. The van der Waals surface area contributed by atoms with Gasteiger partial charge in [-0.15, -0.1) is 0 Å². The molecule has 1 rings (SSSR count). The van der Waals surface area contributed by atoms with Gasteiger partial charge in [0.2, 0.25) is 0 Å². The summed E-state index contributed by atoms with van der Waals surface area (Å²) in [7, 11) is 0. The molecule has 0 radical (unpaired) electrons. The standard InChI is InChI=1S/C19H35NO3/c1-18(2)14-16(15-19(3,4)20-18)23-17(22)12-10-8-6-5-7-9-11-13-21/h13,16,20H,5-12,14-15H2,1-4H3. The van der Waals surface area contributed by atoms with E-state index in [1.807, 2.05) is 0 Å². The third-order valence-corrected chi connectivity index (χ3v) is 4.40. The van der Waals surface area contributed by atoms with Gasteiger partial charge in [0.25, 0.3) is 0 Å². The van der Waals surface area contributed by atoms with Crippen LogP contribution < -0.4 is 5.32 Å². The molecule has 1 heterocycles. The zero-order valence-corrected chi connectivity index (χ0v) is 15.5. The Bertz CT molecular complexity index is 361. The van der Waals surface area contributed by atoms with Crippen molar-refractivity contribution in [3.63, 3.8) is 0 Å². The van der Waals surface area contributed by atoms with Gasteiger partial charge in [-0.3, -0.25) is 4.79 Å². The summed E-state index contributed by atoms with van der Waals surface area (Å²) in [5, 5.41) is 3.60. The molecule has 23 heavy (non-hydrogen) atoms. The van der Waals surface area contributed by atoms with Crippen LogP contribution in [0.1, 0.15) is 91.9 Å². The molecule has 4 nitrogen and oxygen atoms in total. The Hall–Kier alpha value is -0.900. The van der Waals surface area contributed by atoms with E-state index in [-0.39, 0.29) is 23.2 Å². The van der Waals surface area contributed by atoms with E-state index in [0.29, 0.717) is 12.8 Å². The summed E-state index contributed by atoms with van der Waals surface area (Å²) in [4.78, 5) is 22.2. The molecule has 0 amide bonds. The number of esters is 1. The topological polar surface area (TPSA) is 55.4 Å². The van der Waals surface area contributed by atoms with Crippen LogP contribution in [-0.2, 0) is 14.3 Å². The van der Waals surface area contributed by atoms with Crippen molar-refractivity contribution in [2.45, 2.75) is 109 Å². The Kier molecular flexibility index (Phi) is 8.24. The van der Waals surface area contributed by atoms with Crippen LogP contribution in [0, 0.1) is 0 Å². The molecule has 1 aliphatic rings. The second-order valence-corrected chi connectivity index (χ2v) is 8.24. The predicted molar refractivity (Wildman–Crippen MR) is 93.4 cm³/mol. The van der Waals surface area contributed by atoms with E-state index in [4.69, 9.17) is 4.74 Å². The lowest BCUT2D eigenvalue weighted by Crippen LogP contribution is -2.59. The number of hydrogen-bond donors (Lipinski definition) is 1. The minimum absolute atomic E-state index is 0.00815. The Morgan fingerprint density at radius 2 is 1.52 bits per heavy atom. The zero-order chi connectivity index (χ0) is 17.3. The first-order valence-electron chi connectivity index (χ1n) is 9.17. The smallest absolute Gasteiger partial charge is 0.306 e. The van der Waals surface area contributed by atoms with Crippen LogP contribution >= 0.6 is 0 Å². The van der Waals surface area contributed by atoms with Crippen molar-refractivity contribution in [1.29, 1.82) is 0 Å². The number of piperidine rings is 1. The number of hydrogen-bond acceptors (Lipinski definition) is 4. The number of carbonyl (C=O) groups excluding carboxylic acids is 2. The third-order valence-electron chi connectivity index (χ3n) is 4.40. The van der Waals surface area contributed by atoms with Crippen LogP contribution in [0.4, 0.5) is 0 Å². The van der Waals surface area contributed by atoms with E-state index in [9.17, 15) is 9.59 Å². The average molecular weight is 325 g/mol. The summed E-state index contributed by atoms with van der Waals surface area (Å²) in [5.41, 5.74) is 0.0163. The molecule has 1 fully saturated rings. The van der Waals surface area contributed by atoms with Gasteiger partial charge >= 0.3 is 5.97 Å². The predicted octanol–water partition coefficient (Wildman–Crippen LogP) is 4.16. The van der Waals surface area contributed by atoms with Crippen LogP contribution in [0.15, 0.2) is 0 Å². The van der Waals surface area contributed by atoms with E-state index in [0.717, 1.165) is 57.7 Å². The van der Waals surface area contributed by atoms with Gasteiger partial charge in [0.15, 0.2) is 0 Å². The van der Waals surface area contributed by atoms with Crippen molar-refractivity contribution in [2.75, 3.05) is 0 Å². The maximum absolute atomic E-state index is 12.0. The normalized spacial score (nSPS) is 20.2. The molecule has 1 saturated heterocycles. The van der Waals surface area contributed by atoms with E-state index in [1.165, 1.54) is 0 Å². The highest BCUT2D eigenvalue weighted by molar-refractivity contribution is 5.69. The molecular formula is C19H35NO3. The number of nitrogens with one attached hydrogen (secondary N) is 1. The maximum Gasteiger partial charge on any atom is 0.306 e. The van der Waals surface area contributed by atoms with Gasteiger partial charge in [-0.2, -0.15) is 0 Å². The third kappa shape index (κ3) is 9.09. The molecule has 0 aromatic rings. The molecule has 4 heteroatoms. The Morgan fingerprint density at radius 3 is 2.09 bits per heavy atom. The molecule has 0 aromatic heterocycles. The summed E-state index contributed by atoms with van der Waals surface area (Å²) in [6.07, 6.45) is 10.3. The Balaban J connectivity index is 2.15. The van der Waals surface area contributed by atoms with Crippen molar-refractivity contribution >= 4 is 12.3 Å². The Labute approximate surface area is 141 Å². The lowest BCUT2D eigenvalue weighted by atomic mass is 9.81. The van der Waals surface area contributed by atoms with Crippen LogP contribution in [0.3, 0.4) is 0 Å². The first-order chi connectivity index (χ1) is 10.7. The molecule has 1 N–H and O–H groups in total. The highest BCUT2D eigenvalue weighted by Crippen LogP contribution is 2.30. The van der Waals surface area contributed by atoms with Crippen molar-refractivity contribution in [1.82, 2.24) is 5.32 Å². The lowest BCUT2D eigenvalue weighted by molar-refractivity contribution is -0.153. The van der Waals surface area contributed by atoms with Gasteiger partial charge in [0, 0.05) is 36.8 Å². The van der Waals surface area contributed by atoms with Gasteiger partial charge < -0.3 is 14.8 Å². The monoisotopic (exact) mass is 325 g/mol. The molecule has 134 valence electrons. The van der Waals surface area contributed by atoms with Crippen LogP contribution in [0.25, 0.3) is 0 Å². The number of carbonyl (C=O) groups is 2. The van der Waals surface area contributed by atoms with Crippen molar-refractivity contribution in [3.05, 3.63) is 0 Å². The summed E-state index contributed by atoms with van der Waals surface area (Å²) in [5.74, 6) is -0.0514. The van der Waals surface area contributed by atoms with Crippen LogP contribution in [-0.4, -0.2) is 29.4 Å². The maximum atomic E-state index is 12.0. The minimum Gasteiger partial charge on any atom is -0.462 e. The van der Waals surface area contributed by atoms with E-state index in [1.54, 1.807) is 0 Å². The van der Waals surface area contributed by atoms with Gasteiger partial charge in [-0.1, -0.05) is 25.7 Å². The van der Waals surface area contributed by atoms with Gasteiger partial charge in [0.05, 0.1) is 0 Å². The SMILES string of the molecule is CC1(C)CC(OC(=O)CCCCCCCCC=O)CC(C)(C)N1. The Morgan fingerprint density at radius 1 is 1.00 bits per heavy atom. The number of aldehydes is 1. The number of rotatable bonds is 10. The summed E-state index contributed by atoms with van der Waals surface area (Å²) in [6, 6.07) is 0. The quantitative estimate of drug-likeness (QED) is 0.372. The minimum atomic E-state index is -0.0514. The molecule has 0 spiro atoms. The second kappa shape index (κ2) is 9.41. The molecule has 0 unspecified atom stereocenters. The zero-order valence-electron chi connectivity index (χ0n) is 15.5. The van der Waals surface area contributed by atoms with Gasteiger partial charge in [-0.25, -0.2) is 0 Å². The van der Waals surface area contributed by atoms with Crippen molar-refractivity contribution in [2.24, 2.45) is 0 Å². The first-order valence-corrected chi connectivity index (χ1v) is 9.17. The fraction of sp³-hybridized carbons (Fsp3) is 0.895. The van der Waals surface area contributed by atoms with Crippen molar-refractivity contribution < 1.29 is 14.3 Å².